The molecular formula is C17H20N4O5. The summed E-state index contributed by atoms with van der Waals surface area (Å²) in [5.41, 5.74) is 0.625. The lowest BCUT2D eigenvalue weighted by Gasteiger charge is -2.37. The summed E-state index contributed by atoms with van der Waals surface area (Å²) in [7, 11) is 0. The van der Waals surface area contributed by atoms with Crippen LogP contribution in [0.1, 0.15) is 35.3 Å². The molecule has 1 aromatic carbocycles. The third-order valence-corrected chi connectivity index (χ3v) is 4.29. The van der Waals surface area contributed by atoms with Gasteiger partial charge in [-0.25, -0.2) is 4.98 Å². The van der Waals surface area contributed by atoms with Crippen LogP contribution in [0.15, 0.2) is 36.5 Å². The lowest BCUT2D eigenvalue weighted by molar-refractivity contribution is -0.123. The maximum atomic E-state index is 12.5. The second kappa shape index (κ2) is 7.24. The molecule has 0 fully saturated rings. The molecule has 4 atom stereocenters. The lowest BCUT2D eigenvalue weighted by atomic mass is 9.94. The van der Waals surface area contributed by atoms with Crippen LogP contribution < -0.4 is 10.6 Å². The van der Waals surface area contributed by atoms with Crippen molar-refractivity contribution in [1.82, 2.24) is 14.9 Å². The van der Waals surface area contributed by atoms with Crippen LogP contribution in [-0.4, -0.2) is 55.5 Å². The van der Waals surface area contributed by atoms with E-state index in [1.165, 1.54) is 17.7 Å². The molecule has 2 heterocycles. The van der Waals surface area contributed by atoms with Gasteiger partial charge in [0.05, 0.1) is 12.6 Å². The second-order valence-electron chi connectivity index (χ2n) is 6.12. The zero-order valence-electron chi connectivity index (χ0n) is 14.0. The number of fused-ring (bicyclic) bond motifs is 1. The zero-order valence-corrected chi connectivity index (χ0v) is 14.0. The van der Waals surface area contributed by atoms with Gasteiger partial charge in [-0.3, -0.25) is 9.59 Å². The van der Waals surface area contributed by atoms with Crippen molar-refractivity contribution in [3.8, 4) is 0 Å². The quantitative estimate of drug-likeness (QED) is 0.502. The molecule has 26 heavy (non-hydrogen) atoms. The highest BCUT2D eigenvalue weighted by Crippen LogP contribution is 2.32. The van der Waals surface area contributed by atoms with Gasteiger partial charge in [-0.1, -0.05) is 18.2 Å². The first-order valence-corrected chi connectivity index (χ1v) is 8.11. The number of aliphatic hydroxyl groups is 3. The van der Waals surface area contributed by atoms with Gasteiger partial charge in [0, 0.05) is 18.8 Å². The van der Waals surface area contributed by atoms with Gasteiger partial charge in [-0.15, -0.1) is 0 Å². The Morgan fingerprint density at radius 2 is 1.88 bits per heavy atom. The van der Waals surface area contributed by atoms with Crippen LogP contribution in [0.5, 0.6) is 0 Å². The Morgan fingerprint density at radius 1 is 1.19 bits per heavy atom. The highest BCUT2D eigenvalue weighted by atomic mass is 16.3. The van der Waals surface area contributed by atoms with E-state index in [4.69, 9.17) is 0 Å². The summed E-state index contributed by atoms with van der Waals surface area (Å²) in [6.45, 7) is 0.807. The molecule has 9 heteroatoms. The Hall–Kier alpha value is -2.75. The molecule has 0 saturated carbocycles. The lowest BCUT2D eigenvalue weighted by Crippen LogP contribution is -2.51. The van der Waals surface area contributed by atoms with Crippen LogP contribution in [0.25, 0.3) is 0 Å². The summed E-state index contributed by atoms with van der Waals surface area (Å²) in [6, 6.07) is 6.93. The van der Waals surface area contributed by atoms with Crippen LogP contribution >= 0.6 is 0 Å². The molecule has 0 spiro atoms. The van der Waals surface area contributed by atoms with Crippen LogP contribution in [0.4, 0.5) is 5.69 Å². The van der Waals surface area contributed by atoms with E-state index < -0.39 is 42.7 Å². The first-order valence-electron chi connectivity index (χ1n) is 8.11. The number of aromatic nitrogens is 2. The first-order chi connectivity index (χ1) is 12.4. The summed E-state index contributed by atoms with van der Waals surface area (Å²) >= 11 is 0. The molecule has 2 aromatic rings. The number of imidazole rings is 1. The molecule has 0 saturated heterocycles. The maximum Gasteiger partial charge on any atom is 0.275 e. The molecule has 0 bridgehead atoms. The Kier molecular flexibility index (Phi) is 5.03. The molecule has 1 aliphatic rings. The third kappa shape index (κ3) is 3.32. The van der Waals surface area contributed by atoms with Crippen molar-refractivity contribution in [3.05, 3.63) is 48.0 Å². The summed E-state index contributed by atoms with van der Waals surface area (Å²) in [5, 5.41) is 35.3. The van der Waals surface area contributed by atoms with Gasteiger partial charge in [-0.2, -0.15) is 0 Å². The predicted molar refractivity (Wildman–Crippen MR) is 91.3 cm³/mol. The number of rotatable bonds is 4. The highest BCUT2D eigenvalue weighted by molar-refractivity contribution is 6.02. The fourth-order valence-electron chi connectivity index (χ4n) is 3.04. The van der Waals surface area contributed by atoms with E-state index in [2.05, 4.69) is 15.6 Å². The molecular weight excluding hydrogens is 340 g/mol. The smallest absolute Gasteiger partial charge is 0.275 e. The number of benzene rings is 1. The average molecular weight is 360 g/mol. The van der Waals surface area contributed by atoms with Gasteiger partial charge in [0.2, 0.25) is 5.91 Å². The van der Waals surface area contributed by atoms with Crippen molar-refractivity contribution in [3.63, 3.8) is 0 Å². The molecule has 0 unspecified atom stereocenters. The van der Waals surface area contributed by atoms with Crippen molar-refractivity contribution in [2.45, 2.75) is 31.2 Å². The number of nitrogens with one attached hydrogen (secondary N) is 2. The van der Waals surface area contributed by atoms with E-state index in [0.29, 0.717) is 5.69 Å². The molecule has 0 aliphatic carbocycles. The third-order valence-electron chi connectivity index (χ3n) is 4.29. The Labute approximate surface area is 149 Å². The predicted octanol–water partition coefficient (Wildman–Crippen LogP) is -0.419. The van der Waals surface area contributed by atoms with Gasteiger partial charge in [0.1, 0.15) is 29.8 Å². The van der Waals surface area contributed by atoms with Crippen LogP contribution in [0, 0.1) is 0 Å². The number of amides is 2. The molecule has 0 radical (unpaired) electrons. The monoisotopic (exact) mass is 360 g/mol. The van der Waals surface area contributed by atoms with E-state index in [1.807, 2.05) is 6.07 Å². The summed E-state index contributed by atoms with van der Waals surface area (Å²) in [6.07, 6.45) is -1.31. The van der Waals surface area contributed by atoms with Gasteiger partial charge < -0.3 is 30.5 Å². The van der Waals surface area contributed by atoms with E-state index in [-0.39, 0.29) is 11.5 Å². The topological polar surface area (TPSA) is 137 Å². The molecule has 5 N–H and O–H groups in total. The van der Waals surface area contributed by atoms with Crippen molar-refractivity contribution in [2.24, 2.45) is 0 Å². The number of hydrogen-bond donors (Lipinski definition) is 5. The largest absolute Gasteiger partial charge is 0.394 e. The summed E-state index contributed by atoms with van der Waals surface area (Å²) in [5.74, 6) is -0.718. The number of carbonyl (C=O) groups excluding carboxylic acids is 2. The van der Waals surface area contributed by atoms with Gasteiger partial charge in [0.15, 0.2) is 0 Å². The normalized spacial score (nSPS) is 24.6. The SMILES string of the molecule is CC(=O)N[C@H]1c2nc(C(=O)Nc3ccccc3)cn2[C@H](CO)[C@@H](O)[C@@H]1O. The van der Waals surface area contributed by atoms with Crippen LogP contribution in [0.2, 0.25) is 0 Å². The summed E-state index contributed by atoms with van der Waals surface area (Å²) in [4.78, 5) is 28.1. The minimum atomic E-state index is -1.36. The highest BCUT2D eigenvalue weighted by Gasteiger charge is 2.43. The summed E-state index contributed by atoms with van der Waals surface area (Å²) < 4.78 is 1.41. The molecule has 3 rings (SSSR count). The maximum absolute atomic E-state index is 12.5. The van der Waals surface area contributed by atoms with E-state index in [9.17, 15) is 24.9 Å². The van der Waals surface area contributed by atoms with E-state index in [0.717, 1.165) is 0 Å². The number of anilines is 1. The zero-order chi connectivity index (χ0) is 18.8. The van der Waals surface area contributed by atoms with Crippen molar-refractivity contribution in [1.29, 1.82) is 0 Å². The second-order valence-corrected chi connectivity index (χ2v) is 6.12. The number of aliphatic hydroxyl groups excluding tert-OH is 3. The standard InChI is InChI=1S/C17H20N4O5/c1-9(23)18-13-15(25)14(24)12(8-22)21-7-11(20-16(13)21)17(26)19-10-5-3-2-4-6-10/h2-7,12-15,22,24-25H,8H2,1H3,(H,18,23)(H,19,26)/t12-,13-,14-,15-/m1/s1. The Morgan fingerprint density at radius 3 is 2.50 bits per heavy atom. The van der Waals surface area contributed by atoms with E-state index >= 15 is 0 Å². The van der Waals surface area contributed by atoms with Gasteiger partial charge >= 0.3 is 0 Å². The first kappa shape index (κ1) is 18.1. The minimum absolute atomic E-state index is 0.0407. The fraction of sp³-hybridized carbons (Fsp3) is 0.353. The van der Waals surface area contributed by atoms with Gasteiger partial charge in [0.25, 0.3) is 5.91 Å². The average Bonchev–Trinajstić information content (AvgIpc) is 3.05. The van der Waals surface area contributed by atoms with Gasteiger partial charge in [-0.05, 0) is 12.1 Å². The molecule has 1 aliphatic heterocycles. The minimum Gasteiger partial charge on any atom is -0.394 e. The fourth-order valence-corrected chi connectivity index (χ4v) is 3.04. The van der Waals surface area contributed by atoms with Crippen molar-refractivity contribution >= 4 is 17.5 Å². The number of para-hydroxylation sites is 1. The molecule has 2 amide bonds. The Bertz CT molecular complexity index is 807. The molecule has 1 aromatic heterocycles. The molecule has 9 nitrogen and oxygen atoms in total. The van der Waals surface area contributed by atoms with Crippen molar-refractivity contribution < 1.29 is 24.9 Å². The van der Waals surface area contributed by atoms with Crippen LogP contribution in [-0.2, 0) is 4.79 Å². The molecule has 138 valence electrons. The number of nitrogens with zero attached hydrogens (tertiary/aromatic N) is 2. The number of carbonyl (C=O) groups is 2. The van der Waals surface area contributed by atoms with E-state index in [1.54, 1.807) is 24.3 Å². The van der Waals surface area contributed by atoms with Crippen LogP contribution in [0.3, 0.4) is 0 Å². The van der Waals surface area contributed by atoms with Crippen molar-refractivity contribution in [2.75, 3.05) is 11.9 Å². The Balaban J connectivity index is 1.95. The number of hydrogen-bond acceptors (Lipinski definition) is 6.